The van der Waals surface area contributed by atoms with Crippen LogP contribution in [0.25, 0.3) is 0 Å². The van der Waals surface area contributed by atoms with E-state index in [-0.39, 0.29) is 11.9 Å². The highest BCUT2D eigenvalue weighted by atomic mass is 127. The Balaban J connectivity index is 2.93. The van der Waals surface area contributed by atoms with Crippen molar-refractivity contribution in [2.45, 2.75) is 27.2 Å². The highest BCUT2D eigenvalue weighted by molar-refractivity contribution is 14.1. The number of hydrogen-bond acceptors (Lipinski definition) is 2. The third kappa shape index (κ3) is 3.58. The van der Waals surface area contributed by atoms with E-state index in [2.05, 4.69) is 45.2 Å². The predicted molar refractivity (Wildman–Crippen MR) is 81.7 cm³/mol. The standard InChI is InChI=1S/C12H14I2O2/c1-4-8(3)12(15)16-11-9(13)5-7(2)6-10(11)14/h5-6,8H,4H2,1-3H3. The summed E-state index contributed by atoms with van der Waals surface area (Å²) in [5, 5.41) is 0. The Morgan fingerprint density at radius 2 is 1.88 bits per heavy atom. The highest BCUT2D eigenvalue weighted by Crippen LogP contribution is 2.29. The number of carbonyl (C=O) groups is 1. The fraction of sp³-hybridized carbons (Fsp3) is 0.417. The third-order valence-corrected chi connectivity index (χ3v) is 3.96. The van der Waals surface area contributed by atoms with Crippen molar-refractivity contribution in [1.82, 2.24) is 0 Å². The Hall–Kier alpha value is 0.150. The number of carbonyl (C=O) groups excluding carboxylic acids is 1. The lowest BCUT2D eigenvalue weighted by Gasteiger charge is -2.12. The minimum Gasteiger partial charge on any atom is -0.424 e. The summed E-state index contributed by atoms with van der Waals surface area (Å²) in [6, 6.07) is 4.03. The third-order valence-electron chi connectivity index (χ3n) is 2.36. The second kappa shape index (κ2) is 6.18. The second-order valence-corrected chi connectivity index (χ2v) is 6.11. The van der Waals surface area contributed by atoms with Crippen molar-refractivity contribution in [2.75, 3.05) is 0 Å². The molecule has 0 fully saturated rings. The van der Waals surface area contributed by atoms with Crippen molar-refractivity contribution >= 4 is 51.2 Å². The van der Waals surface area contributed by atoms with Crippen molar-refractivity contribution in [3.8, 4) is 5.75 Å². The van der Waals surface area contributed by atoms with Crippen LogP contribution in [-0.4, -0.2) is 5.97 Å². The fourth-order valence-corrected chi connectivity index (χ4v) is 3.45. The molecule has 0 spiro atoms. The molecule has 1 unspecified atom stereocenters. The molecule has 0 bridgehead atoms. The smallest absolute Gasteiger partial charge is 0.314 e. The zero-order chi connectivity index (χ0) is 12.3. The Kier molecular flexibility index (Phi) is 5.49. The topological polar surface area (TPSA) is 26.3 Å². The van der Waals surface area contributed by atoms with Crippen LogP contribution in [0.3, 0.4) is 0 Å². The number of esters is 1. The van der Waals surface area contributed by atoms with Crippen LogP contribution in [0.1, 0.15) is 25.8 Å². The Bertz CT molecular complexity index is 379. The molecule has 4 heteroatoms. The minimum atomic E-state index is -0.151. The van der Waals surface area contributed by atoms with Gasteiger partial charge in [-0.1, -0.05) is 13.8 Å². The average Bonchev–Trinajstić information content (AvgIpc) is 2.21. The van der Waals surface area contributed by atoms with E-state index in [0.29, 0.717) is 5.75 Å². The predicted octanol–water partition coefficient (Wildman–Crippen LogP) is 4.16. The zero-order valence-electron chi connectivity index (χ0n) is 9.51. The van der Waals surface area contributed by atoms with Crippen molar-refractivity contribution in [1.29, 1.82) is 0 Å². The number of aryl methyl sites for hydroxylation is 1. The molecule has 0 radical (unpaired) electrons. The number of hydrogen-bond donors (Lipinski definition) is 0. The molecule has 0 saturated heterocycles. The van der Waals surface area contributed by atoms with Crippen LogP contribution < -0.4 is 4.74 Å². The van der Waals surface area contributed by atoms with Gasteiger partial charge in [-0.05, 0) is 76.2 Å². The van der Waals surface area contributed by atoms with Crippen LogP contribution >= 0.6 is 45.2 Å². The van der Waals surface area contributed by atoms with Gasteiger partial charge in [0.25, 0.3) is 0 Å². The van der Waals surface area contributed by atoms with E-state index in [4.69, 9.17) is 4.74 Å². The Labute approximate surface area is 123 Å². The monoisotopic (exact) mass is 444 g/mol. The van der Waals surface area contributed by atoms with Gasteiger partial charge in [-0.15, -0.1) is 0 Å². The molecular weight excluding hydrogens is 430 g/mol. The van der Waals surface area contributed by atoms with Gasteiger partial charge in [0.1, 0.15) is 0 Å². The Morgan fingerprint density at radius 1 is 1.38 bits per heavy atom. The van der Waals surface area contributed by atoms with Gasteiger partial charge >= 0.3 is 5.97 Å². The summed E-state index contributed by atoms with van der Waals surface area (Å²) in [6.45, 7) is 5.90. The van der Waals surface area contributed by atoms with Crippen LogP contribution in [0.4, 0.5) is 0 Å². The molecule has 1 aromatic carbocycles. The van der Waals surface area contributed by atoms with E-state index < -0.39 is 0 Å². The van der Waals surface area contributed by atoms with E-state index in [0.717, 1.165) is 13.6 Å². The van der Waals surface area contributed by atoms with Crippen molar-refractivity contribution in [2.24, 2.45) is 5.92 Å². The van der Waals surface area contributed by atoms with Crippen LogP contribution in [0.5, 0.6) is 5.75 Å². The second-order valence-electron chi connectivity index (χ2n) is 3.79. The van der Waals surface area contributed by atoms with Crippen molar-refractivity contribution in [3.05, 3.63) is 24.8 Å². The maximum Gasteiger partial charge on any atom is 0.314 e. The summed E-state index contributed by atoms with van der Waals surface area (Å²) in [5.74, 6) is 0.493. The van der Waals surface area contributed by atoms with Gasteiger partial charge < -0.3 is 4.74 Å². The summed E-state index contributed by atoms with van der Waals surface area (Å²) in [5.41, 5.74) is 1.18. The molecular formula is C12H14I2O2. The molecule has 1 rings (SSSR count). The van der Waals surface area contributed by atoms with Crippen molar-refractivity contribution < 1.29 is 9.53 Å². The van der Waals surface area contributed by atoms with Gasteiger partial charge in [0.05, 0.1) is 13.1 Å². The normalized spacial score (nSPS) is 12.3. The molecule has 1 atom stereocenters. The summed E-state index contributed by atoms with van der Waals surface area (Å²) in [7, 11) is 0. The maximum atomic E-state index is 11.7. The first-order valence-corrected chi connectivity index (χ1v) is 7.28. The molecule has 1 aromatic rings. The van der Waals surface area contributed by atoms with Crippen molar-refractivity contribution in [3.63, 3.8) is 0 Å². The molecule has 0 aromatic heterocycles. The van der Waals surface area contributed by atoms with E-state index in [1.54, 1.807) is 0 Å². The molecule has 0 amide bonds. The number of ether oxygens (including phenoxy) is 1. The largest absolute Gasteiger partial charge is 0.424 e. The van der Waals surface area contributed by atoms with Gasteiger partial charge in [-0.2, -0.15) is 0 Å². The lowest BCUT2D eigenvalue weighted by atomic mass is 10.1. The van der Waals surface area contributed by atoms with Crippen LogP contribution in [-0.2, 0) is 4.79 Å². The van der Waals surface area contributed by atoms with E-state index in [1.165, 1.54) is 5.56 Å². The molecule has 0 saturated carbocycles. The number of benzene rings is 1. The van der Waals surface area contributed by atoms with E-state index >= 15 is 0 Å². The van der Waals surface area contributed by atoms with Gasteiger partial charge in [-0.25, -0.2) is 0 Å². The molecule has 88 valence electrons. The summed E-state index contributed by atoms with van der Waals surface area (Å²) >= 11 is 4.40. The number of rotatable bonds is 3. The first kappa shape index (κ1) is 14.2. The molecule has 16 heavy (non-hydrogen) atoms. The van der Waals surface area contributed by atoms with E-state index in [9.17, 15) is 4.79 Å². The van der Waals surface area contributed by atoms with Gasteiger partial charge in [0.2, 0.25) is 0 Å². The average molecular weight is 444 g/mol. The first-order chi connectivity index (χ1) is 7.45. The molecule has 0 heterocycles. The summed E-state index contributed by atoms with van der Waals surface area (Å²) < 4.78 is 7.40. The van der Waals surface area contributed by atoms with Crippen LogP contribution in [0, 0.1) is 20.0 Å². The highest BCUT2D eigenvalue weighted by Gasteiger charge is 2.16. The lowest BCUT2D eigenvalue weighted by Crippen LogP contribution is -2.18. The minimum absolute atomic E-state index is 0.0482. The first-order valence-electron chi connectivity index (χ1n) is 5.13. The molecule has 0 aliphatic rings. The molecule has 2 nitrogen and oxygen atoms in total. The molecule has 0 aliphatic carbocycles. The summed E-state index contributed by atoms with van der Waals surface area (Å²) in [4.78, 5) is 11.7. The Morgan fingerprint density at radius 3 is 2.31 bits per heavy atom. The maximum absolute atomic E-state index is 11.7. The van der Waals surface area contributed by atoms with E-state index in [1.807, 2.05) is 32.9 Å². The van der Waals surface area contributed by atoms with Crippen LogP contribution in [0.15, 0.2) is 12.1 Å². The SMILES string of the molecule is CCC(C)C(=O)Oc1c(I)cc(C)cc1I. The van der Waals surface area contributed by atoms with Gasteiger partial charge in [-0.3, -0.25) is 4.79 Å². The summed E-state index contributed by atoms with van der Waals surface area (Å²) in [6.07, 6.45) is 0.803. The van der Waals surface area contributed by atoms with Gasteiger partial charge in [0.15, 0.2) is 5.75 Å². The zero-order valence-corrected chi connectivity index (χ0v) is 13.8. The lowest BCUT2D eigenvalue weighted by molar-refractivity contribution is -0.138. The van der Waals surface area contributed by atoms with Crippen LogP contribution in [0.2, 0.25) is 0 Å². The quantitative estimate of drug-likeness (QED) is 0.398. The molecule has 0 aliphatic heterocycles. The number of halogens is 2. The fourth-order valence-electron chi connectivity index (χ4n) is 1.15. The molecule has 0 N–H and O–H groups in total. The van der Waals surface area contributed by atoms with Gasteiger partial charge in [0, 0.05) is 0 Å².